The predicted molar refractivity (Wildman–Crippen MR) is 78.8 cm³/mol. The predicted octanol–water partition coefficient (Wildman–Crippen LogP) is 3.09. The average Bonchev–Trinajstić information content (AvgIpc) is 2.88. The maximum Gasteiger partial charge on any atom is 0.279 e. The SMILES string of the molecule is CCNC(C)c1nnc(-c2c(C)cccc2[N+](=O)[O-])s1. The van der Waals surface area contributed by atoms with Crippen LogP contribution in [0.2, 0.25) is 0 Å². The Kier molecular flexibility index (Phi) is 4.41. The molecule has 0 aliphatic rings. The van der Waals surface area contributed by atoms with Crippen LogP contribution in [0.25, 0.3) is 10.6 Å². The highest BCUT2D eigenvalue weighted by Crippen LogP contribution is 2.35. The summed E-state index contributed by atoms with van der Waals surface area (Å²) in [6.45, 7) is 6.70. The molecule has 1 unspecified atom stereocenters. The molecule has 1 aromatic carbocycles. The molecule has 1 N–H and O–H groups in total. The van der Waals surface area contributed by atoms with Crippen molar-refractivity contribution in [1.29, 1.82) is 0 Å². The zero-order chi connectivity index (χ0) is 14.7. The minimum atomic E-state index is -0.378. The van der Waals surface area contributed by atoms with Crippen molar-refractivity contribution in [3.05, 3.63) is 38.9 Å². The van der Waals surface area contributed by atoms with Gasteiger partial charge in [0.25, 0.3) is 5.69 Å². The van der Waals surface area contributed by atoms with E-state index in [4.69, 9.17) is 0 Å². The number of nitrogens with zero attached hydrogens (tertiary/aromatic N) is 3. The van der Waals surface area contributed by atoms with Crippen molar-refractivity contribution in [2.45, 2.75) is 26.8 Å². The van der Waals surface area contributed by atoms with Crippen molar-refractivity contribution < 1.29 is 4.92 Å². The van der Waals surface area contributed by atoms with Crippen LogP contribution in [-0.2, 0) is 0 Å². The molecular weight excluding hydrogens is 276 g/mol. The molecule has 0 saturated carbocycles. The van der Waals surface area contributed by atoms with E-state index in [1.54, 1.807) is 6.07 Å². The summed E-state index contributed by atoms with van der Waals surface area (Å²) in [5.41, 5.74) is 1.46. The Labute approximate surface area is 121 Å². The van der Waals surface area contributed by atoms with Crippen LogP contribution in [0.5, 0.6) is 0 Å². The number of rotatable bonds is 5. The fourth-order valence-corrected chi connectivity index (χ4v) is 2.98. The number of nitrogens with one attached hydrogen (secondary N) is 1. The molecule has 1 aromatic heterocycles. The van der Waals surface area contributed by atoms with Gasteiger partial charge in [0.1, 0.15) is 5.01 Å². The summed E-state index contributed by atoms with van der Waals surface area (Å²) in [5, 5.41) is 24.1. The lowest BCUT2D eigenvalue weighted by atomic mass is 10.1. The first-order valence-electron chi connectivity index (χ1n) is 6.35. The number of hydrogen-bond acceptors (Lipinski definition) is 6. The van der Waals surface area contributed by atoms with Crippen molar-refractivity contribution in [3.63, 3.8) is 0 Å². The van der Waals surface area contributed by atoms with E-state index in [0.717, 1.165) is 17.1 Å². The first-order chi connectivity index (χ1) is 9.54. The van der Waals surface area contributed by atoms with Crippen molar-refractivity contribution in [2.24, 2.45) is 0 Å². The third-order valence-electron chi connectivity index (χ3n) is 2.98. The van der Waals surface area contributed by atoms with Gasteiger partial charge in [-0.25, -0.2) is 0 Å². The maximum absolute atomic E-state index is 11.1. The molecule has 1 heterocycles. The van der Waals surface area contributed by atoms with Gasteiger partial charge in [0, 0.05) is 6.07 Å². The van der Waals surface area contributed by atoms with Gasteiger partial charge in [-0.3, -0.25) is 10.1 Å². The molecule has 0 aliphatic heterocycles. The monoisotopic (exact) mass is 292 g/mol. The van der Waals surface area contributed by atoms with Gasteiger partial charge in [-0.2, -0.15) is 0 Å². The molecule has 20 heavy (non-hydrogen) atoms. The highest BCUT2D eigenvalue weighted by atomic mass is 32.1. The number of nitro benzene ring substituents is 1. The van der Waals surface area contributed by atoms with Crippen molar-refractivity contribution in [3.8, 4) is 10.6 Å². The van der Waals surface area contributed by atoms with Crippen molar-refractivity contribution >= 4 is 17.0 Å². The molecule has 0 radical (unpaired) electrons. The smallest absolute Gasteiger partial charge is 0.279 e. The average molecular weight is 292 g/mol. The molecular formula is C13H16N4O2S. The van der Waals surface area contributed by atoms with E-state index < -0.39 is 0 Å². The second-order valence-corrected chi connectivity index (χ2v) is 5.46. The Bertz CT molecular complexity index is 627. The highest BCUT2D eigenvalue weighted by Gasteiger charge is 2.21. The lowest BCUT2D eigenvalue weighted by molar-refractivity contribution is -0.384. The van der Waals surface area contributed by atoms with Crippen LogP contribution >= 0.6 is 11.3 Å². The van der Waals surface area contributed by atoms with Crippen molar-refractivity contribution in [2.75, 3.05) is 6.54 Å². The minimum Gasteiger partial charge on any atom is -0.308 e. The number of hydrogen-bond donors (Lipinski definition) is 1. The number of aromatic nitrogens is 2. The zero-order valence-electron chi connectivity index (χ0n) is 11.6. The molecule has 7 heteroatoms. The van der Waals surface area contributed by atoms with E-state index in [1.165, 1.54) is 17.4 Å². The van der Waals surface area contributed by atoms with Crippen LogP contribution < -0.4 is 5.32 Å². The van der Waals surface area contributed by atoms with E-state index in [0.29, 0.717) is 10.6 Å². The fourth-order valence-electron chi connectivity index (χ4n) is 1.99. The molecule has 2 aromatic rings. The Balaban J connectivity index is 2.45. The molecule has 0 fully saturated rings. The highest BCUT2D eigenvalue weighted by molar-refractivity contribution is 7.14. The lowest BCUT2D eigenvalue weighted by Gasteiger charge is -2.06. The second kappa shape index (κ2) is 6.06. The number of benzene rings is 1. The summed E-state index contributed by atoms with van der Waals surface area (Å²) in [5.74, 6) is 0. The molecule has 0 spiro atoms. The van der Waals surface area contributed by atoms with E-state index in [9.17, 15) is 10.1 Å². The third kappa shape index (κ3) is 2.83. The fraction of sp³-hybridized carbons (Fsp3) is 0.385. The molecule has 6 nitrogen and oxygen atoms in total. The Morgan fingerprint density at radius 2 is 2.20 bits per heavy atom. The summed E-state index contributed by atoms with van der Waals surface area (Å²) < 4.78 is 0. The summed E-state index contributed by atoms with van der Waals surface area (Å²) in [6.07, 6.45) is 0. The second-order valence-electron chi connectivity index (χ2n) is 4.45. The first-order valence-corrected chi connectivity index (χ1v) is 7.17. The van der Waals surface area contributed by atoms with Gasteiger partial charge in [-0.15, -0.1) is 10.2 Å². The van der Waals surface area contributed by atoms with E-state index in [-0.39, 0.29) is 16.7 Å². The Hall–Kier alpha value is -1.86. The van der Waals surface area contributed by atoms with Crippen LogP contribution in [0, 0.1) is 17.0 Å². The first kappa shape index (κ1) is 14.5. The maximum atomic E-state index is 11.1. The third-order valence-corrected chi connectivity index (χ3v) is 4.11. The number of aryl methyl sites for hydroxylation is 1. The van der Waals surface area contributed by atoms with Gasteiger partial charge in [-0.05, 0) is 26.0 Å². The quantitative estimate of drug-likeness (QED) is 0.676. The van der Waals surface area contributed by atoms with Gasteiger partial charge in [0.15, 0.2) is 5.01 Å². The molecule has 0 saturated heterocycles. The van der Waals surface area contributed by atoms with Crippen LogP contribution in [0.3, 0.4) is 0 Å². The van der Waals surface area contributed by atoms with Crippen LogP contribution in [-0.4, -0.2) is 21.7 Å². The van der Waals surface area contributed by atoms with E-state index >= 15 is 0 Å². The van der Waals surface area contributed by atoms with E-state index in [1.807, 2.05) is 26.8 Å². The molecule has 106 valence electrons. The molecule has 2 rings (SSSR count). The van der Waals surface area contributed by atoms with Gasteiger partial charge in [0.05, 0.1) is 16.5 Å². The van der Waals surface area contributed by atoms with Gasteiger partial charge in [0.2, 0.25) is 0 Å². The summed E-state index contributed by atoms with van der Waals surface area (Å²) >= 11 is 1.39. The molecule has 0 amide bonds. The van der Waals surface area contributed by atoms with Gasteiger partial charge in [-0.1, -0.05) is 30.4 Å². The topological polar surface area (TPSA) is 81.0 Å². The standard InChI is InChI=1S/C13H16N4O2S/c1-4-14-9(3)12-15-16-13(20-12)11-8(2)6-5-7-10(11)17(18)19/h5-7,9,14H,4H2,1-3H3. The molecule has 0 bridgehead atoms. The van der Waals surface area contributed by atoms with Crippen LogP contribution in [0.1, 0.15) is 30.5 Å². The minimum absolute atomic E-state index is 0.0730. The summed E-state index contributed by atoms with van der Waals surface area (Å²) in [4.78, 5) is 10.8. The van der Waals surface area contributed by atoms with Crippen molar-refractivity contribution in [1.82, 2.24) is 15.5 Å². The normalized spacial score (nSPS) is 12.3. The zero-order valence-corrected chi connectivity index (χ0v) is 12.4. The molecule has 1 atom stereocenters. The van der Waals surface area contributed by atoms with Crippen LogP contribution in [0.15, 0.2) is 18.2 Å². The van der Waals surface area contributed by atoms with Gasteiger partial charge < -0.3 is 5.32 Å². The van der Waals surface area contributed by atoms with E-state index in [2.05, 4.69) is 15.5 Å². The largest absolute Gasteiger partial charge is 0.308 e. The summed E-state index contributed by atoms with van der Waals surface area (Å²) in [6, 6.07) is 5.11. The Morgan fingerprint density at radius 1 is 1.45 bits per heavy atom. The molecule has 0 aliphatic carbocycles. The lowest BCUT2D eigenvalue weighted by Crippen LogP contribution is -2.17. The summed E-state index contributed by atoms with van der Waals surface area (Å²) in [7, 11) is 0. The Morgan fingerprint density at radius 3 is 2.85 bits per heavy atom. The van der Waals surface area contributed by atoms with Crippen LogP contribution in [0.4, 0.5) is 5.69 Å². The van der Waals surface area contributed by atoms with Gasteiger partial charge >= 0.3 is 0 Å². The number of nitro groups is 1.